The molecule has 1 aromatic carbocycles. The molecule has 0 aliphatic heterocycles. The maximum Gasteiger partial charge on any atom is 0.226 e. The third kappa shape index (κ3) is 3.73. The molecule has 21 heavy (non-hydrogen) atoms. The summed E-state index contributed by atoms with van der Waals surface area (Å²) in [6, 6.07) is 9.03. The SMILES string of the molecule is CCOc1ccc(-n2cc(CC(=O)Cl)c(=O)cc2C)cc1. The van der Waals surface area contributed by atoms with E-state index in [0.717, 1.165) is 17.1 Å². The van der Waals surface area contributed by atoms with Gasteiger partial charge in [0.15, 0.2) is 5.43 Å². The summed E-state index contributed by atoms with van der Waals surface area (Å²) in [7, 11) is 0. The van der Waals surface area contributed by atoms with Gasteiger partial charge in [0.2, 0.25) is 5.24 Å². The molecule has 4 nitrogen and oxygen atoms in total. The second-order valence-corrected chi connectivity index (χ2v) is 5.05. The molecule has 0 saturated carbocycles. The molecule has 0 unspecified atom stereocenters. The minimum absolute atomic E-state index is 0.0717. The number of halogens is 1. The standard InChI is InChI=1S/C16H16ClNO3/c1-3-21-14-6-4-13(5-7-14)18-10-12(9-16(17)20)15(19)8-11(18)2/h4-8,10H,3,9H2,1-2H3. The summed E-state index contributed by atoms with van der Waals surface area (Å²) >= 11 is 5.37. The number of benzene rings is 1. The minimum Gasteiger partial charge on any atom is -0.494 e. The van der Waals surface area contributed by atoms with Gasteiger partial charge in [0.05, 0.1) is 13.0 Å². The number of pyridine rings is 1. The van der Waals surface area contributed by atoms with Crippen molar-refractivity contribution < 1.29 is 9.53 Å². The van der Waals surface area contributed by atoms with Crippen LogP contribution in [0.15, 0.2) is 41.3 Å². The van der Waals surface area contributed by atoms with Crippen LogP contribution in [0.3, 0.4) is 0 Å². The Labute approximate surface area is 127 Å². The molecule has 0 atom stereocenters. The van der Waals surface area contributed by atoms with Crippen molar-refractivity contribution in [1.82, 2.24) is 4.57 Å². The van der Waals surface area contributed by atoms with Gasteiger partial charge in [-0.05, 0) is 49.7 Å². The number of hydrogen-bond acceptors (Lipinski definition) is 3. The zero-order valence-electron chi connectivity index (χ0n) is 11.9. The number of aryl methyl sites for hydroxylation is 1. The number of nitrogens with zero attached hydrogens (tertiary/aromatic N) is 1. The van der Waals surface area contributed by atoms with Crippen molar-refractivity contribution in [2.24, 2.45) is 0 Å². The Morgan fingerprint density at radius 2 is 1.95 bits per heavy atom. The van der Waals surface area contributed by atoms with Crippen LogP contribution in [0.4, 0.5) is 0 Å². The van der Waals surface area contributed by atoms with Crippen LogP contribution in [0, 0.1) is 6.92 Å². The molecule has 0 spiro atoms. The van der Waals surface area contributed by atoms with Gasteiger partial charge in [0.25, 0.3) is 0 Å². The van der Waals surface area contributed by atoms with Gasteiger partial charge in [0, 0.05) is 29.2 Å². The number of hydrogen-bond donors (Lipinski definition) is 0. The van der Waals surface area contributed by atoms with Gasteiger partial charge in [-0.25, -0.2) is 0 Å². The monoisotopic (exact) mass is 305 g/mol. The predicted molar refractivity (Wildman–Crippen MR) is 82.5 cm³/mol. The molecule has 0 fully saturated rings. The summed E-state index contributed by atoms with van der Waals surface area (Å²) in [5, 5.41) is -0.547. The lowest BCUT2D eigenvalue weighted by Crippen LogP contribution is -2.15. The van der Waals surface area contributed by atoms with Crippen molar-refractivity contribution in [3.8, 4) is 11.4 Å². The van der Waals surface area contributed by atoms with E-state index in [1.165, 1.54) is 6.07 Å². The largest absolute Gasteiger partial charge is 0.494 e. The Kier molecular flexibility index (Phi) is 4.81. The third-order valence-electron chi connectivity index (χ3n) is 3.08. The van der Waals surface area contributed by atoms with E-state index < -0.39 is 5.24 Å². The average Bonchev–Trinajstić information content (AvgIpc) is 2.43. The Morgan fingerprint density at radius 3 is 2.52 bits per heavy atom. The fraction of sp³-hybridized carbons (Fsp3) is 0.250. The Bertz CT molecular complexity index is 704. The van der Waals surface area contributed by atoms with Crippen LogP contribution in [0.5, 0.6) is 5.75 Å². The third-order valence-corrected chi connectivity index (χ3v) is 3.21. The van der Waals surface area contributed by atoms with E-state index in [1.807, 2.05) is 42.7 Å². The van der Waals surface area contributed by atoms with Crippen molar-refractivity contribution in [3.05, 3.63) is 58.0 Å². The quantitative estimate of drug-likeness (QED) is 0.798. The van der Waals surface area contributed by atoms with Gasteiger partial charge in [-0.1, -0.05) is 0 Å². The Hall–Kier alpha value is -2.07. The molecule has 2 rings (SSSR count). The van der Waals surface area contributed by atoms with Gasteiger partial charge in [-0.2, -0.15) is 0 Å². The fourth-order valence-electron chi connectivity index (χ4n) is 2.10. The molecule has 0 aliphatic carbocycles. The lowest BCUT2D eigenvalue weighted by Gasteiger charge is -2.13. The highest BCUT2D eigenvalue weighted by atomic mass is 35.5. The van der Waals surface area contributed by atoms with Crippen molar-refractivity contribution in [3.63, 3.8) is 0 Å². The van der Waals surface area contributed by atoms with Crippen molar-refractivity contribution in [2.75, 3.05) is 6.61 Å². The molecule has 5 heteroatoms. The zero-order chi connectivity index (χ0) is 15.4. The number of carbonyl (C=O) groups excluding carboxylic acids is 1. The van der Waals surface area contributed by atoms with Crippen LogP contribution in [-0.4, -0.2) is 16.4 Å². The van der Waals surface area contributed by atoms with E-state index in [0.29, 0.717) is 12.2 Å². The molecule has 0 aliphatic rings. The molecular formula is C16H16ClNO3. The first kappa shape index (κ1) is 15.3. The molecule has 2 aromatic rings. The number of aromatic nitrogens is 1. The van der Waals surface area contributed by atoms with Gasteiger partial charge < -0.3 is 9.30 Å². The van der Waals surface area contributed by atoms with Gasteiger partial charge >= 0.3 is 0 Å². The molecule has 0 bridgehead atoms. The van der Waals surface area contributed by atoms with Gasteiger partial charge in [-0.3, -0.25) is 9.59 Å². The molecule has 0 saturated heterocycles. The highest BCUT2D eigenvalue weighted by molar-refractivity contribution is 6.63. The van der Waals surface area contributed by atoms with Crippen molar-refractivity contribution in [2.45, 2.75) is 20.3 Å². The average molecular weight is 306 g/mol. The Morgan fingerprint density at radius 1 is 1.29 bits per heavy atom. The second kappa shape index (κ2) is 6.59. The van der Waals surface area contributed by atoms with Crippen LogP contribution in [-0.2, 0) is 11.2 Å². The molecule has 0 radical (unpaired) electrons. The highest BCUT2D eigenvalue weighted by Crippen LogP contribution is 2.17. The van der Waals surface area contributed by atoms with Gasteiger partial charge in [0.1, 0.15) is 5.75 Å². The van der Waals surface area contributed by atoms with Crippen LogP contribution >= 0.6 is 11.6 Å². The fourth-order valence-corrected chi connectivity index (χ4v) is 2.25. The molecule has 0 N–H and O–H groups in total. The number of carbonyl (C=O) groups is 1. The van der Waals surface area contributed by atoms with E-state index in [-0.39, 0.29) is 11.8 Å². The second-order valence-electron chi connectivity index (χ2n) is 4.63. The first-order valence-corrected chi connectivity index (χ1v) is 7.03. The van der Waals surface area contributed by atoms with E-state index >= 15 is 0 Å². The molecule has 1 aromatic heterocycles. The summed E-state index contributed by atoms with van der Waals surface area (Å²) in [6.45, 7) is 4.37. The number of ether oxygens (including phenoxy) is 1. The summed E-state index contributed by atoms with van der Waals surface area (Å²) in [5.74, 6) is 0.788. The first-order valence-electron chi connectivity index (χ1n) is 6.65. The van der Waals surface area contributed by atoms with Crippen molar-refractivity contribution >= 4 is 16.8 Å². The Balaban J connectivity index is 2.42. The van der Waals surface area contributed by atoms with Crippen LogP contribution in [0.1, 0.15) is 18.2 Å². The predicted octanol–water partition coefficient (Wildman–Crippen LogP) is 2.85. The van der Waals surface area contributed by atoms with E-state index in [4.69, 9.17) is 16.3 Å². The lowest BCUT2D eigenvalue weighted by atomic mass is 10.2. The minimum atomic E-state index is -0.547. The van der Waals surface area contributed by atoms with Crippen LogP contribution in [0.2, 0.25) is 0 Å². The van der Waals surface area contributed by atoms with E-state index in [1.54, 1.807) is 6.20 Å². The summed E-state index contributed by atoms with van der Waals surface area (Å²) in [5.41, 5.74) is 1.88. The normalized spacial score (nSPS) is 10.4. The van der Waals surface area contributed by atoms with Crippen LogP contribution < -0.4 is 10.2 Å². The number of rotatable bonds is 5. The lowest BCUT2D eigenvalue weighted by molar-refractivity contribution is -0.111. The summed E-state index contributed by atoms with van der Waals surface area (Å²) < 4.78 is 7.25. The van der Waals surface area contributed by atoms with E-state index in [9.17, 15) is 9.59 Å². The smallest absolute Gasteiger partial charge is 0.226 e. The topological polar surface area (TPSA) is 48.3 Å². The molecule has 1 heterocycles. The zero-order valence-corrected chi connectivity index (χ0v) is 12.7. The van der Waals surface area contributed by atoms with Crippen LogP contribution in [0.25, 0.3) is 5.69 Å². The maximum absolute atomic E-state index is 11.9. The van der Waals surface area contributed by atoms with E-state index in [2.05, 4.69) is 0 Å². The molecule has 0 amide bonds. The van der Waals surface area contributed by atoms with Crippen molar-refractivity contribution in [1.29, 1.82) is 0 Å². The summed E-state index contributed by atoms with van der Waals surface area (Å²) in [4.78, 5) is 22.9. The maximum atomic E-state index is 11.9. The first-order chi connectivity index (χ1) is 10.0. The highest BCUT2D eigenvalue weighted by Gasteiger charge is 2.08. The molecular weight excluding hydrogens is 290 g/mol. The summed E-state index contributed by atoms with van der Waals surface area (Å²) in [6.07, 6.45) is 1.59. The van der Waals surface area contributed by atoms with Gasteiger partial charge in [-0.15, -0.1) is 0 Å². The molecule has 110 valence electrons.